The highest BCUT2D eigenvalue weighted by molar-refractivity contribution is 7.09. The van der Waals surface area contributed by atoms with E-state index in [0.29, 0.717) is 6.04 Å². The molecule has 122 valence electrons. The predicted octanol–water partition coefficient (Wildman–Crippen LogP) is 5.50. The van der Waals surface area contributed by atoms with Crippen LogP contribution in [0.2, 0.25) is 0 Å². The summed E-state index contributed by atoms with van der Waals surface area (Å²) in [7, 11) is 0. The van der Waals surface area contributed by atoms with E-state index in [1.54, 1.807) is 11.3 Å². The third-order valence-electron chi connectivity index (χ3n) is 3.96. The Hall–Kier alpha value is -0.410. The SMILES string of the molecule is CCCCCCCCCC(Cc1csc(C)n1)NCCC. The Morgan fingerprint density at radius 3 is 2.38 bits per heavy atom. The van der Waals surface area contributed by atoms with Crippen molar-refractivity contribution in [2.75, 3.05) is 6.54 Å². The average Bonchev–Trinajstić information content (AvgIpc) is 2.88. The van der Waals surface area contributed by atoms with Crippen LogP contribution in [0.3, 0.4) is 0 Å². The first-order valence-corrected chi connectivity index (χ1v) is 9.78. The third-order valence-corrected chi connectivity index (χ3v) is 4.78. The van der Waals surface area contributed by atoms with E-state index in [9.17, 15) is 0 Å². The number of aromatic nitrogens is 1. The topological polar surface area (TPSA) is 24.9 Å². The number of unbranched alkanes of at least 4 members (excludes halogenated alkanes) is 6. The van der Waals surface area contributed by atoms with Crippen molar-refractivity contribution in [3.05, 3.63) is 16.1 Å². The second kappa shape index (κ2) is 12.2. The maximum atomic E-state index is 4.62. The highest BCUT2D eigenvalue weighted by Gasteiger charge is 2.10. The van der Waals surface area contributed by atoms with E-state index in [1.165, 1.54) is 68.5 Å². The zero-order valence-electron chi connectivity index (χ0n) is 14.3. The van der Waals surface area contributed by atoms with Crippen molar-refractivity contribution < 1.29 is 0 Å². The van der Waals surface area contributed by atoms with Crippen molar-refractivity contribution in [3.8, 4) is 0 Å². The van der Waals surface area contributed by atoms with Gasteiger partial charge in [-0.25, -0.2) is 4.98 Å². The third kappa shape index (κ3) is 9.26. The van der Waals surface area contributed by atoms with Crippen LogP contribution >= 0.6 is 11.3 Å². The summed E-state index contributed by atoms with van der Waals surface area (Å²) < 4.78 is 0. The normalized spacial score (nSPS) is 12.7. The molecule has 0 bridgehead atoms. The van der Waals surface area contributed by atoms with Crippen molar-refractivity contribution in [2.45, 2.75) is 91.0 Å². The van der Waals surface area contributed by atoms with E-state index >= 15 is 0 Å². The van der Waals surface area contributed by atoms with E-state index < -0.39 is 0 Å². The molecular weight excluding hydrogens is 276 g/mol. The van der Waals surface area contributed by atoms with Crippen molar-refractivity contribution >= 4 is 11.3 Å². The second-order valence-corrected chi connectivity index (χ2v) is 7.19. The fourth-order valence-electron chi connectivity index (χ4n) is 2.73. The van der Waals surface area contributed by atoms with Crippen LogP contribution in [0.1, 0.15) is 82.3 Å². The number of nitrogens with one attached hydrogen (secondary N) is 1. The van der Waals surface area contributed by atoms with E-state index in [1.807, 2.05) is 0 Å². The molecule has 1 heterocycles. The fourth-order valence-corrected chi connectivity index (χ4v) is 3.35. The molecule has 21 heavy (non-hydrogen) atoms. The standard InChI is InChI=1S/C18H34N2S/c1-4-6-7-8-9-10-11-12-17(19-13-5-2)14-18-15-21-16(3)20-18/h15,17,19H,4-14H2,1-3H3. The van der Waals surface area contributed by atoms with E-state index in [0.717, 1.165) is 13.0 Å². The van der Waals surface area contributed by atoms with Crippen LogP contribution in [0.15, 0.2) is 5.38 Å². The van der Waals surface area contributed by atoms with Gasteiger partial charge in [0.25, 0.3) is 0 Å². The molecule has 0 amide bonds. The highest BCUT2D eigenvalue weighted by Crippen LogP contribution is 2.14. The predicted molar refractivity (Wildman–Crippen MR) is 95.2 cm³/mol. The van der Waals surface area contributed by atoms with Crippen LogP contribution in [0.4, 0.5) is 0 Å². The lowest BCUT2D eigenvalue weighted by Crippen LogP contribution is -2.31. The van der Waals surface area contributed by atoms with Crippen molar-refractivity contribution in [1.29, 1.82) is 0 Å². The van der Waals surface area contributed by atoms with Crippen LogP contribution in [0.5, 0.6) is 0 Å². The van der Waals surface area contributed by atoms with Gasteiger partial charge in [-0.2, -0.15) is 0 Å². The number of rotatable bonds is 13. The van der Waals surface area contributed by atoms with Crippen LogP contribution < -0.4 is 5.32 Å². The summed E-state index contributed by atoms with van der Waals surface area (Å²) in [6, 6.07) is 0.613. The van der Waals surface area contributed by atoms with Gasteiger partial charge in [-0.1, -0.05) is 58.8 Å². The lowest BCUT2D eigenvalue weighted by molar-refractivity contribution is 0.447. The first-order valence-electron chi connectivity index (χ1n) is 8.90. The molecule has 1 aromatic rings. The summed E-state index contributed by atoms with van der Waals surface area (Å²) in [5, 5.41) is 7.12. The monoisotopic (exact) mass is 310 g/mol. The maximum Gasteiger partial charge on any atom is 0.0897 e. The summed E-state index contributed by atoms with van der Waals surface area (Å²) in [6.45, 7) is 7.75. The number of nitrogens with zero attached hydrogens (tertiary/aromatic N) is 1. The van der Waals surface area contributed by atoms with E-state index in [2.05, 4.69) is 36.5 Å². The van der Waals surface area contributed by atoms with Crippen molar-refractivity contribution in [2.24, 2.45) is 0 Å². The molecule has 0 radical (unpaired) electrons. The minimum absolute atomic E-state index is 0.613. The minimum atomic E-state index is 0.613. The van der Waals surface area contributed by atoms with Gasteiger partial charge >= 0.3 is 0 Å². The van der Waals surface area contributed by atoms with Gasteiger partial charge in [0.1, 0.15) is 0 Å². The molecule has 2 nitrogen and oxygen atoms in total. The second-order valence-electron chi connectivity index (χ2n) is 6.12. The Morgan fingerprint density at radius 1 is 1.05 bits per heavy atom. The Morgan fingerprint density at radius 2 is 1.76 bits per heavy atom. The number of hydrogen-bond donors (Lipinski definition) is 1. The summed E-state index contributed by atoms with van der Waals surface area (Å²) in [5.74, 6) is 0. The van der Waals surface area contributed by atoms with Crippen LogP contribution in [-0.2, 0) is 6.42 Å². The molecular formula is C18H34N2S. The lowest BCUT2D eigenvalue weighted by atomic mass is 10.0. The molecule has 0 saturated carbocycles. The number of hydrogen-bond acceptors (Lipinski definition) is 3. The quantitative estimate of drug-likeness (QED) is 0.486. The molecule has 1 N–H and O–H groups in total. The number of aryl methyl sites for hydroxylation is 1. The average molecular weight is 311 g/mol. The lowest BCUT2D eigenvalue weighted by Gasteiger charge is -2.17. The van der Waals surface area contributed by atoms with E-state index in [4.69, 9.17) is 0 Å². The molecule has 1 unspecified atom stereocenters. The van der Waals surface area contributed by atoms with Gasteiger partial charge < -0.3 is 5.32 Å². The van der Waals surface area contributed by atoms with Gasteiger partial charge in [-0.05, 0) is 26.3 Å². The molecule has 0 aromatic carbocycles. The molecule has 0 aliphatic heterocycles. The fraction of sp³-hybridized carbons (Fsp3) is 0.833. The van der Waals surface area contributed by atoms with Crippen LogP contribution in [0.25, 0.3) is 0 Å². The Balaban J connectivity index is 2.20. The molecule has 0 spiro atoms. The largest absolute Gasteiger partial charge is 0.314 e. The molecule has 1 aromatic heterocycles. The molecule has 0 aliphatic carbocycles. The van der Waals surface area contributed by atoms with Gasteiger partial charge in [0.15, 0.2) is 0 Å². The van der Waals surface area contributed by atoms with Gasteiger partial charge in [0.05, 0.1) is 10.7 Å². The molecule has 1 atom stereocenters. The van der Waals surface area contributed by atoms with E-state index in [-0.39, 0.29) is 0 Å². The van der Waals surface area contributed by atoms with Crippen molar-refractivity contribution in [1.82, 2.24) is 10.3 Å². The first-order chi connectivity index (χ1) is 10.3. The highest BCUT2D eigenvalue weighted by atomic mass is 32.1. The zero-order valence-corrected chi connectivity index (χ0v) is 15.1. The molecule has 0 aliphatic rings. The Labute approximate surface area is 135 Å². The molecule has 0 fully saturated rings. The summed E-state index contributed by atoms with van der Waals surface area (Å²) in [5.41, 5.74) is 1.27. The van der Waals surface area contributed by atoms with Gasteiger partial charge in [0.2, 0.25) is 0 Å². The zero-order chi connectivity index (χ0) is 15.3. The van der Waals surface area contributed by atoms with Gasteiger partial charge in [-0.15, -0.1) is 11.3 Å². The number of thiazole rings is 1. The van der Waals surface area contributed by atoms with Crippen LogP contribution in [0, 0.1) is 6.92 Å². The Bertz CT molecular complexity index is 349. The van der Waals surface area contributed by atoms with Gasteiger partial charge in [0, 0.05) is 17.8 Å². The summed E-state index contributed by atoms with van der Waals surface area (Å²) in [4.78, 5) is 4.62. The molecule has 3 heteroatoms. The molecule has 0 saturated heterocycles. The first kappa shape index (κ1) is 18.6. The maximum absolute atomic E-state index is 4.62. The van der Waals surface area contributed by atoms with Crippen molar-refractivity contribution in [3.63, 3.8) is 0 Å². The smallest absolute Gasteiger partial charge is 0.0897 e. The minimum Gasteiger partial charge on any atom is -0.314 e. The van der Waals surface area contributed by atoms with Crippen LogP contribution in [-0.4, -0.2) is 17.6 Å². The van der Waals surface area contributed by atoms with Gasteiger partial charge in [-0.3, -0.25) is 0 Å². The summed E-state index contributed by atoms with van der Waals surface area (Å²) in [6.07, 6.45) is 13.4. The summed E-state index contributed by atoms with van der Waals surface area (Å²) >= 11 is 1.77. The Kier molecular flexibility index (Phi) is 10.8. The molecule has 1 rings (SSSR count).